The second-order valence-corrected chi connectivity index (χ2v) is 7.21. The maximum Gasteiger partial charge on any atom is 0.417 e. The Balaban J connectivity index is 1.84. The molecule has 0 aromatic heterocycles. The summed E-state index contributed by atoms with van der Waals surface area (Å²) >= 11 is 1.69. The van der Waals surface area contributed by atoms with Gasteiger partial charge in [-0.05, 0) is 23.3 Å². The van der Waals surface area contributed by atoms with Crippen molar-refractivity contribution in [3.8, 4) is 11.1 Å². The summed E-state index contributed by atoms with van der Waals surface area (Å²) < 4.78 is 40.5. The number of hydrogen-bond donors (Lipinski definition) is 1. The largest absolute Gasteiger partial charge is 0.417 e. The summed E-state index contributed by atoms with van der Waals surface area (Å²) in [5.41, 5.74) is -0.495. The Bertz CT molecular complexity index is 835. The summed E-state index contributed by atoms with van der Waals surface area (Å²) in [6, 6.07) is 11.7. The number of anilines is 1. The number of alkyl halides is 3. The summed E-state index contributed by atoms with van der Waals surface area (Å²) in [6.07, 6.45) is -4.60. The summed E-state index contributed by atoms with van der Waals surface area (Å²) in [7, 11) is 0. The van der Waals surface area contributed by atoms with Crippen LogP contribution in [-0.4, -0.2) is 41.3 Å². The lowest BCUT2D eigenvalue weighted by atomic mass is 9.98. The van der Waals surface area contributed by atoms with Gasteiger partial charge in [0.15, 0.2) is 0 Å². The highest BCUT2D eigenvalue weighted by atomic mass is 32.2. The van der Waals surface area contributed by atoms with Gasteiger partial charge < -0.3 is 10.2 Å². The van der Waals surface area contributed by atoms with E-state index >= 15 is 0 Å². The van der Waals surface area contributed by atoms with E-state index in [9.17, 15) is 22.8 Å². The average molecular weight is 394 g/mol. The number of carbonyl (C=O) groups is 2. The van der Waals surface area contributed by atoms with E-state index in [1.165, 1.54) is 17.0 Å². The molecular weight excluding hydrogens is 377 g/mol. The quantitative estimate of drug-likeness (QED) is 0.787. The average Bonchev–Trinajstić information content (AvgIpc) is 2.68. The number of halogens is 3. The lowest BCUT2D eigenvalue weighted by molar-refractivity contribution is -0.142. The molecule has 1 heterocycles. The lowest BCUT2D eigenvalue weighted by Gasteiger charge is -2.25. The van der Waals surface area contributed by atoms with Crippen molar-refractivity contribution in [1.82, 2.24) is 4.90 Å². The predicted molar refractivity (Wildman–Crippen MR) is 99.4 cm³/mol. The molecule has 0 saturated carbocycles. The lowest BCUT2D eigenvalue weighted by Crippen LogP contribution is -2.44. The molecule has 0 spiro atoms. The molecule has 0 atom stereocenters. The van der Waals surface area contributed by atoms with Crippen molar-refractivity contribution >= 4 is 29.3 Å². The maximum absolute atomic E-state index is 13.5. The molecule has 2 aromatic rings. The molecule has 1 aliphatic heterocycles. The van der Waals surface area contributed by atoms with E-state index in [1.54, 1.807) is 42.1 Å². The van der Waals surface area contributed by atoms with Crippen LogP contribution in [0.2, 0.25) is 0 Å². The van der Waals surface area contributed by atoms with Crippen LogP contribution in [-0.2, 0) is 15.8 Å². The van der Waals surface area contributed by atoms with Gasteiger partial charge in [0.25, 0.3) is 0 Å². The minimum Gasteiger partial charge on any atom is -0.333 e. The van der Waals surface area contributed by atoms with E-state index in [1.807, 2.05) is 0 Å². The van der Waals surface area contributed by atoms with Crippen molar-refractivity contribution < 1.29 is 22.8 Å². The van der Waals surface area contributed by atoms with Crippen molar-refractivity contribution in [2.75, 3.05) is 29.9 Å². The summed E-state index contributed by atoms with van der Waals surface area (Å²) in [5, 5.41) is 2.29. The van der Waals surface area contributed by atoms with E-state index in [0.717, 1.165) is 17.6 Å². The number of amides is 2. The fourth-order valence-corrected chi connectivity index (χ4v) is 3.72. The summed E-state index contributed by atoms with van der Waals surface area (Å²) in [4.78, 5) is 25.7. The zero-order valence-corrected chi connectivity index (χ0v) is 15.1. The Labute approximate surface area is 158 Å². The molecule has 0 aliphatic carbocycles. The van der Waals surface area contributed by atoms with Gasteiger partial charge in [-0.15, -0.1) is 0 Å². The highest BCUT2D eigenvalue weighted by Crippen LogP contribution is 2.38. The standard InChI is InChI=1S/C19H17F3N2O2S/c20-19(21,22)16-12-14(6-7-15(16)13-4-2-1-3-5-13)23-17(25)18(26)24-8-10-27-11-9-24/h1-7,12H,8-11H2,(H,23,25). The first-order valence-electron chi connectivity index (χ1n) is 8.31. The van der Waals surface area contributed by atoms with E-state index < -0.39 is 23.6 Å². The molecule has 1 fully saturated rings. The summed E-state index contributed by atoms with van der Waals surface area (Å²) in [6.45, 7) is 0.912. The molecule has 3 rings (SSSR count). The van der Waals surface area contributed by atoms with Crippen LogP contribution >= 0.6 is 11.8 Å². The number of hydrogen-bond acceptors (Lipinski definition) is 3. The van der Waals surface area contributed by atoms with Crippen LogP contribution in [0.5, 0.6) is 0 Å². The molecule has 0 bridgehead atoms. The van der Waals surface area contributed by atoms with E-state index in [0.29, 0.717) is 18.7 Å². The highest BCUT2D eigenvalue weighted by Gasteiger charge is 2.34. The molecule has 1 saturated heterocycles. The van der Waals surface area contributed by atoms with Gasteiger partial charge in [0, 0.05) is 30.3 Å². The van der Waals surface area contributed by atoms with Crippen molar-refractivity contribution in [3.63, 3.8) is 0 Å². The molecule has 4 nitrogen and oxygen atoms in total. The molecular formula is C19H17F3N2O2S. The SMILES string of the molecule is O=C(Nc1ccc(-c2ccccc2)c(C(F)(F)F)c1)C(=O)N1CCSCC1. The molecule has 2 aromatic carbocycles. The van der Waals surface area contributed by atoms with E-state index in [4.69, 9.17) is 0 Å². The van der Waals surface area contributed by atoms with Gasteiger partial charge in [0.1, 0.15) is 0 Å². The van der Waals surface area contributed by atoms with Crippen LogP contribution in [0.3, 0.4) is 0 Å². The number of thioether (sulfide) groups is 1. The van der Waals surface area contributed by atoms with Crippen LogP contribution in [0.15, 0.2) is 48.5 Å². The Morgan fingerprint density at radius 3 is 2.30 bits per heavy atom. The molecule has 8 heteroatoms. The molecule has 1 N–H and O–H groups in total. The molecule has 0 radical (unpaired) electrons. The second-order valence-electron chi connectivity index (χ2n) is 5.98. The normalized spacial score (nSPS) is 14.7. The van der Waals surface area contributed by atoms with Crippen molar-refractivity contribution in [3.05, 3.63) is 54.1 Å². The first-order valence-corrected chi connectivity index (χ1v) is 9.46. The zero-order valence-electron chi connectivity index (χ0n) is 14.3. The molecule has 142 valence electrons. The maximum atomic E-state index is 13.5. The van der Waals surface area contributed by atoms with Gasteiger partial charge >= 0.3 is 18.0 Å². The van der Waals surface area contributed by atoms with Crippen LogP contribution in [0, 0.1) is 0 Å². The number of nitrogens with one attached hydrogen (secondary N) is 1. The smallest absolute Gasteiger partial charge is 0.333 e. The van der Waals surface area contributed by atoms with Gasteiger partial charge in [0.05, 0.1) is 5.56 Å². The number of rotatable bonds is 2. The van der Waals surface area contributed by atoms with Crippen molar-refractivity contribution in [1.29, 1.82) is 0 Å². The third kappa shape index (κ3) is 4.63. The zero-order chi connectivity index (χ0) is 19.4. The second kappa shape index (κ2) is 8.04. The third-order valence-corrected chi connectivity index (χ3v) is 5.10. The summed E-state index contributed by atoms with van der Waals surface area (Å²) in [5.74, 6) is -0.176. The van der Waals surface area contributed by atoms with Gasteiger partial charge in [-0.2, -0.15) is 24.9 Å². The Morgan fingerprint density at radius 1 is 1.00 bits per heavy atom. The topological polar surface area (TPSA) is 49.4 Å². The number of benzene rings is 2. The minimum atomic E-state index is -4.60. The van der Waals surface area contributed by atoms with Crippen molar-refractivity contribution in [2.45, 2.75) is 6.18 Å². The number of nitrogens with zero attached hydrogens (tertiary/aromatic N) is 1. The number of carbonyl (C=O) groups excluding carboxylic acids is 2. The first-order chi connectivity index (χ1) is 12.9. The van der Waals surface area contributed by atoms with Crippen LogP contribution in [0.4, 0.5) is 18.9 Å². The molecule has 0 unspecified atom stereocenters. The van der Waals surface area contributed by atoms with Gasteiger partial charge in [0.2, 0.25) is 0 Å². The Morgan fingerprint density at radius 2 is 1.67 bits per heavy atom. The Hall–Kier alpha value is -2.48. The molecule has 27 heavy (non-hydrogen) atoms. The fraction of sp³-hybridized carbons (Fsp3) is 0.263. The monoisotopic (exact) mass is 394 g/mol. The highest BCUT2D eigenvalue weighted by molar-refractivity contribution is 7.99. The van der Waals surface area contributed by atoms with E-state index in [-0.39, 0.29) is 11.3 Å². The van der Waals surface area contributed by atoms with Crippen molar-refractivity contribution in [2.24, 2.45) is 0 Å². The first kappa shape index (κ1) is 19.3. The van der Waals surface area contributed by atoms with Crippen LogP contribution in [0.25, 0.3) is 11.1 Å². The molecule has 2 amide bonds. The van der Waals surface area contributed by atoms with Crippen LogP contribution < -0.4 is 5.32 Å². The minimum absolute atomic E-state index is 0.0143. The van der Waals surface area contributed by atoms with E-state index in [2.05, 4.69) is 5.32 Å². The van der Waals surface area contributed by atoms with Gasteiger partial charge in [-0.25, -0.2) is 0 Å². The predicted octanol–water partition coefficient (Wildman–Crippen LogP) is 3.89. The molecule has 1 aliphatic rings. The Kier molecular flexibility index (Phi) is 5.74. The van der Waals surface area contributed by atoms with Gasteiger partial charge in [-0.3, -0.25) is 9.59 Å². The van der Waals surface area contributed by atoms with Gasteiger partial charge in [-0.1, -0.05) is 36.4 Å². The van der Waals surface area contributed by atoms with Crippen LogP contribution in [0.1, 0.15) is 5.56 Å². The third-order valence-electron chi connectivity index (χ3n) is 4.16. The fourth-order valence-electron chi connectivity index (χ4n) is 2.82.